The molecule has 1 saturated heterocycles. The molecule has 0 bridgehead atoms. The molecule has 6 nitrogen and oxygen atoms in total. The van der Waals surface area contributed by atoms with E-state index in [9.17, 15) is 16.8 Å². The first-order chi connectivity index (χ1) is 9.70. The third-order valence-corrected chi connectivity index (χ3v) is 6.24. The average molecular weight is 332 g/mol. The van der Waals surface area contributed by atoms with Gasteiger partial charge in [-0.25, -0.2) is 21.6 Å². The van der Waals surface area contributed by atoms with Gasteiger partial charge in [0.1, 0.15) is 0 Å². The minimum Gasteiger partial charge on any atom is -0.313 e. The molecule has 1 aliphatic heterocycles. The second kappa shape index (κ2) is 6.04. The van der Waals surface area contributed by atoms with E-state index >= 15 is 0 Å². The van der Waals surface area contributed by atoms with Crippen LogP contribution in [0.4, 0.5) is 0 Å². The molecule has 1 fully saturated rings. The van der Waals surface area contributed by atoms with Gasteiger partial charge in [-0.2, -0.15) is 0 Å². The summed E-state index contributed by atoms with van der Waals surface area (Å²) in [5.41, 5.74) is 0.522. The summed E-state index contributed by atoms with van der Waals surface area (Å²) in [5, 5.41) is 3.21. The molecule has 0 amide bonds. The third-order valence-electron chi connectivity index (χ3n) is 3.56. The maximum Gasteiger partial charge on any atom is 0.240 e. The van der Waals surface area contributed by atoms with E-state index in [0.29, 0.717) is 12.1 Å². The quantitative estimate of drug-likeness (QED) is 0.816. The second-order valence-corrected chi connectivity index (χ2v) is 9.10. The summed E-state index contributed by atoms with van der Waals surface area (Å²) in [6, 6.07) is 4.29. The number of rotatable bonds is 5. The van der Waals surface area contributed by atoms with Gasteiger partial charge in [0.25, 0.3) is 0 Å². The molecule has 2 rings (SSSR count). The summed E-state index contributed by atoms with van der Waals surface area (Å²) in [6.45, 7) is 2.86. The molecule has 0 spiro atoms. The maximum absolute atomic E-state index is 12.4. The predicted molar refractivity (Wildman–Crippen MR) is 80.5 cm³/mol. The first kappa shape index (κ1) is 16.4. The Labute approximate surface area is 125 Å². The average Bonchev–Trinajstić information content (AvgIpc) is 2.88. The molecule has 0 aliphatic carbocycles. The molecule has 0 saturated carbocycles. The van der Waals surface area contributed by atoms with Gasteiger partial charge in [0.05, 0.1) is 9.79 Å². The van der Waals surface area contributed by atoms with Gasteiger partial charge in [-0.15, -0.1) is 0 Å². The van der Waals surface area contributed by atoms with E-state index in [-0.39, 0.29) is 15.8 Å². The molecule has 1 aromatic rings. The number of hydrogen-bond donors (Lipinski definition) is 2. The van der Waals surface area contributed by atoms with Crippen molar-refractivity contribution in [3.63, 3.8) is 0 Å². The highest BCUT2D eigenvalue weighted by Crippen LogP contribution is 2.20. The van der Waals surface area contributed by atoms with Crippen molar-refractivity contribution in [1.29, 1.82) is 0 Å². The van der Waals surface area contributed by atoms with E-state index in [0.717, 1.165) is 25.6 Å². The van der Waals surface area contributed by atoms with Gasteiger partial charge in [0.2, 0.25) is 10.0 Å². The first-order valence-corrected chi connectivity index (χ1v) is 10.1. The van der Waals surface area contributed by atoms with Gasteiger partial charge in [-0.3, -0.25) is 0 Å². The highest BCUT2D eigenvalue weighted by atomic mass is 32.2. The van der Waals surface area contributed by atoms with E-state index in [1.165, 1.54) is 18.2 Å². The van der Waals surface area contributed by atoms with Crippen LogP contribution < -0.4 is 10.0 Å². The van der Waals surface area contributed by atoms with E-state index in [1.807, 2.05) is 0 Å². The summed E-state index contributed by atoms with van der Waals surface area (Å²) in [6.07, 6.45) is 3.03. The molecular weight excluding hydrogens is 312 g/mol. The largest absolute Gasteiger partial charge is 0.313 e. The SMILES string of the molecule is Cc1ccc(S(C)(=O)=O)cc1S(=O)(=O)NCC1CCCN1. The van der Waals surface area contributed by atoms with Crippen LogP contribution in [0, 0.1) is 6.92 Å². The number of benzene rings is 1. The van der Waals surface area contributed by atoms with Crippen LogP contribution in [0.1, 0.15) is 18.4 Å². The van der Waals surface area contributed by atoms with Gasteiger partial charge < -0.3 is 5.32 Å². The molecular formula is C13H20N2O4S2. The summed E-state index contributed by atoms with van der Waals surface area (Å²) in [5.74, 6) is 0. The van der Waals surface area contributed by atoms with Gasteiger partial charge in [-0.1, -0.05) is 6.07 Å². The molecule has 1 atom stereocenters. The predicted octanol–water partition coefficient (Wildman–Crippen LogP) is 0.429. The van der Waals surface area contributed by atoms with Crippen molar-refractivity contribution in [2.75, 3.05) is 19.3 Å². The van der Waals surface area contributed by atoms with Crippen molar-refractivity contribution in [3.8, 4) is 0 Å². The molecule has 118 valence electrons. The summed E-state index contributed by atoms with van der Waals surface area (Å²) in [7, 11) is -7.15. The molecule has 8 heteroatoms. The zero-order valence-electron chi connectivity index (χ0n) is 12.1. The summed E-state index contributed by atoms with van der Waals surface area (Å²) in [4.78, 5) is 0.0240. The Bertz CT molecular complexity index is 721. The molecule has 1 aliphatic rings. The highest BCUT2D eigenvalue weighted by Gasteiger charge is 2.22. The Morgan fingerprint density at radius 1 is 1.29 bits per heavy atom. The molecule has 21 heavy (non-hydrogen) atoms. The fourth-order valence-corrected chi connectivity index (χ4v) is 4.39. The monoisotopic (exact) mass is 332 g/mol. The standard InChI is InChI=1S/C13H20N2O4S2/c1-10-5-6-12(20(2,16)17)8-13(10)21(18,19)15-9-11-4-3-7-14-11/h5-6,8,11,14-15H,3-4,7,9H2,1-2H3. The number of sulfonamides is 1. The summed E-state index contributed by atoms with van der Waals surface area (Å²) < 4.78 is 50.4. The van der Waals surface area contributed by atoms with Crippen molar-refractivity contribution < 1.29 is 16.8 Å². The van der Waals surface area contributed by atoms with Crippen LogP contribution in [-0.4, -0.2) is 42.2 Å². The van der Waals surface area contributed by atoms with Gasteiger partial charge >= 0.3 is 0 Å². The van der Waals surface area contributed by atoms with Crippen LogP contribution in [0.15, 0.2) is 28.0 Å². The van der Waals surface area contributed by atoms with Crippen LogP contribution in [0.3, 0.4) is 0 Å². The zero-order chi connectivity index (χ0) is 15.7. The van der Waals surface area contributed by atoms with Crippen molar-refractivity contribution >= 4 is 19.9 Å². The van der Waals surface area contributed by atoms with Crippen LogP contribution in [-0.2, 0) is 19.9 Å². The topological polar surface area (TPSA) is 92.3 Å². The van der Waals surface area contributed by atoms with Crippen LogP contribution in [0.2, 0.25) is 0 Å². The van der Waals surface area contributed by atoms with Crippen molar-refractivity contribution in [3.05, 3.63) is 23.8 Å². The Hall–Kier alpha value is -0.960. The molecule has 0 aromatic heterocycles. The van der Waals surface area contributed by atoms with Gasteiger partial charge in [0, 0.05) is 18.8 Å². The molecule has 2 N–H and O–H groups in total. The lowest BCUT2D eigenvalue weighted by molar-refractivity contribution is 0.551. The fourth-order valence-electron chi connectivity index (χ4n) is 2.32. The lowest BCUT2D eigenvalue weighted by atomic mass is 10.2. The zero-order valence-corrected chi connectivity index (χ0v) is 13.7. The van der Waals surface area contributed by atoms with Crippen LogP contribution in [0.25, 0.3) is 0 Å². The Kier molecular flexibility index (Phi) is 4.72. The summed E-state index contributed by atoms with van der Waals surface area (Å²) >= 11 is 0. The number of aryl methyl sites for hydroxylation is 1. The normalized spacial score (nSPS) is 19.8. The maximum atomic E-state index is 12.4. The first-order valence-electron chi connectivity index (χ1n) is 6.74. The van der Waals surface area contributed by atoms with Gasteiger partial charge in [0.15, 0.2) is 9.84 Å². The number of nitrogens with one attached hydrogen (secondary N) is 2. The highest BCUT2D eigenvalue weighted by molar-refractivity contribution is 7.91. The molecule has 1 aromatic carbocycles. The van der Waals surface area contributed by atoms with Crippen molar-refractivity contribution in [1.82, 2.24) is 10.0 Å². The van der Waals surface area contributed by atoms with E-state index < -0.39 is 19.9 Å². The molecule has 1 unspecified atom stereocenters. The van der Waals surface area contributed by atoms with E-state index in [1.54, 1.807) is 6.92 Å². The van der Waals surface area contributed by atoms with E-state index in [2.05, 4.69) is 10.0 Å². The molecule has 1 heterocycles. The van der Waals surface area contributed by atoms with Gasteiger partial charge in [-0.05, 0) is 44.0 Å². The lowest BCUT2D eigenvalue weighted by Crippen LogP contribution is -2.37. The Morgan fingerprint density at radius 3 is 2.57 bits per heavy atom. The molecule has 0 radical (unpaired) electrons. The van der Waals surface area contributed by atoms with E-state index in [4.69, 9.17) is 0 Å². The van der Waals surface area contributed by atoms with Crippen LogP contribution >= 0.6 is 0 Å². The fraction of sp³-hybridized carbons (Fsp3) is 0.538. The Balaban J connectivity index is 2.26. The Morgan fingerprint density at radius 2 is 2.00 bits per heavy atom. The van der Waals surface area contributed by atoms with Crippen LogP contribution in [0.5, 0.6) is 0 Å². The number of hydrogen-bond acceptors (Lipinski definition) is 5. The number of sulfone groups is 1. The minimum atomic E-state index is -3.72. The van der Waals surface area contributed by atoms with Crippen molar-refractivity contribution in [2.24, 2.45) is 0 Å². The van der Waals surface area contributed by atoms with Crippen molar-refractivity contribution in [2.45, 2.75) is 35.6 Å². The smallest absolute Gasteiger partial charge is 0.240 e. The third kappa shape index (κ3) is 4.03. The second-order valence-electron chi connectivity index (χ2n) is 5.34. The lowest BCUT2D eigenvalue weighted by Gasteiger charge is -2.14. The minimum absolute atomic E-state index is 0.00691.